The van der Waals surface area contributed by atoms with E-state index < -0.39 is 0 Å². The van der Waals surface area contributed by atoms with Gasteiger partial charge in [-0.15, -0.1) is 12.3 Å². The molecule has 2 fully saturated rings. The fourth-order valence-corrected chi connectivity index (χ4v) is 5.19. The van der Waals surface area contributed by atoms with E-state index in [1.54, 1.807) is 0 Å². The summed E-state index contributed by atoms with van der Waals surface area (Å²) in [6.45, 7) is 11.1. The molecule has 6 heteroatoms. The maximum atomic E-state index is 12.9. The molecule has 1 atom stereocenters. The molecule has 6 nitrogen and oxygen atoms in total. The molecule has 1 aliphatic carbocycles. The van der Waals surface area contributed by atoms with Gasteiger partial charge in [0.05, 0.1) is 29.5 Å². The molecule has 0 radical (unpaired) electrons. The molecule has 1 saturated carbocycles. The Hall–Kier alpha value is -2.57. The maximum Gasteiger partial charge on any atom is 0.222 e. The number of anilines is 1. The van der Waals surface area contributed by atoms with Crippen molar-refractivity contribution in [3.63, 3.8) is 0 Å². The van der Waals surface area contributed by atoms with Crippen molar-refractivity contribution < 1.29 is 9.53 Å². The summed E-state index contributed by atoms with van der Waals surface area (Å²) in [5.74, 6) is 4.40. The molecule has 3 heterocycles. The number of pyridine rings is 1. The minimum Gasteiger partial charge on any atom is -0.370 e. The fourth-order valence-electron chi connectivity index (χ4n) is 5.19. The average Bonchev–Trinajstić information content (AvgIpc) is 3.62. The quantitative estimate of drug-likeness (QED) is 0.483. The second-order valence-corrected chi connectivity index (χ2v) is 10.7. The van der Waals surface area contributed by atoms with Crippen LogP contribution in [0.15, 0.2) is 0 Å². The predicted octanol–water partition coefficient (Wildman–Crippen LogP) is 4.16. The van der Waals surface area contributed by atoms with Crippen molar-refractivity contribution in [2.24, 2.45) is 5.92 Å². The van der Waals surface area contributed by atoms with Crippen molar-refractivity contribution in [3.8, 4) is 18.4 Å². The summed E-state index contributed by atoms with van der Waals surface area (Å²) in [6.07, 6.45) is 10.3. The first-order valence-corrected chi connectivity index (χ1v) is 12.3. The number of aromatic nitrogens is 1. The molecule has 0 aromatic carbocycles. The van der Waals surface area contributed by atoms with Gasteiger partial charge < -0.3 is 14.5 Å². The third-order valence-corrected chi connectivity index (χ3v) is 7.23. The first-order valence-electron chi connectivity index (χ1n) is 12.3. The normalized spacial score (nSPS) is 22.0. The molecule has 176 valence electrons. The second-order valence-electron chi connectivity index (χ2n) is 10.7. The lowest BCUT2D eigenvalue weighted by atomic mass is 9.87. The molecule has 0 spiro atoms. The highest BCUT2D eigenvalue weighted by atomic mass is 16.5. The zero-order chi connectivity index (χ0) is 23.8. The summed E-state index contributed by atoms with van der Waals surface area (Å²) in [5.41, 5.74) is 3.79. The number of fused-ring (bicyclic) bond motifs is 1. The molecule has 4 rings (SSSR count). The second kappa shape index (κ2) is 9.35. The monoisotopic (exact) mass is 448 g/mol. The van der Waals surface area contributed by atoms with Gasteiger partial charge in [0.1, 0.15) is 11.9 Å². The predicted molar refractivity (Wildman–Crippen MR) is 129 cm³/mol. The van der Waals surface area contributed by atoms with E-state index in [1.165, 1.54) is 0 Å². The number of nitriles is 1. The average molecular weight is 449 g/mol. The molecule has 1 aromatic rings. The summed E-state index contributed by atoms with van der Waals surface area (Å²) in [7, 11) is 0. The van der Waals surface area contributed by atoms with E-state index in [1.807, 2.05) is 4.90 Å². The van der Waals surface area contributed by atoms with E-state index in [0.717, 1.165) is 48.3 Å². The molecular weight excluding hydrogens is 412 g/mol. The SMILES string of the molecule is C#CCCCC(=O)N1CCN(c2nc(C3CC3)c3c(c2C#N)CC(C)(C)OC3)C[C@H]1C(C)C. The Labute approximate surface area is 198 Å². The van der Waals surface area contributed by atoms with Gasteiger partial charge in [-0.05, 0) is 44.6 Å². The highest BCUT2D eigenvalue weighted by Crippen LogP contribution is 2.46. The highest BCUT2D eigenvalue weighted by Gasteiger charge is 2.39. The number of carbonyl (C=O) groups is 1. The number of carbonyl (C=O) groups excluding carboxylic acids is 1. The van der Waals surface area contributed by atoms with Crippen LogP contribution in [0.2, 0.25) is 0 Å². The van der Waals surface area contributed by atoms with E-state index in [4.69, 9.17) is 16.1 Å². The van der Waals surface area contributed by atoms with Crippen LogP contribution in [0.25, 0.3) is 0 Å². The Morgan fingerprint density at radius 2 is 2.06 bits per heavy atom. The Balaban J connectivity index is 1.65. The van der Waals surface area contributed by atoms with Gasteiger partial charge in [0.25, 0.3) is 0 Å². The van der Waals surface area contributed by atoms with Crippen LogP contribution in [0.3, 0.4) is 0 Å². The summed E-state index contributed by atoms with van der Waals surface area (Å²) < 4.78 is 6.10. The van der Waals surface area contributed by atoms with Crippen molar-refractivity contribution in [1.82, 2.24) is 9.88 Å². The number of terminal acetylenes is 1. The largest absolute Gasteiger partial charge is 0.370 e. The molecule has 1 aromatic heterocycles. The molecular formula is C27H36N4O2. The molecule has 1 saturated heterocycles. The van der Waals surface area contributed by atoms with Gasteiger partial charge in [-0.1, -0.05) is 13.8 Å². The van der Waals surface area contributed by atoms with Gasteiger partial charge in [0, 0.05) is 50.4 Å². The minimum atomic E-state index is -0.290. The van der Waals surface area contributed by atoms with Gasteiger partial charge in [-0.25, -0.2) is 4.98 Å². The Morgan fingerprint density at radius 1 is 1.30 bits per heavy atom. The van der Waals surface area contributed by atoms with E-state index in [0.29, 0.717) is 56.5 Å². The van der Waals surface area contributed by atoms with E-state index in [2.05, 4.69) is 44.6 Å². The summed E-state index contributed by atoms with van der Waals surface area (Å²) in [6, 6.07) is 2.59. The van der Waals surface area contributed by atoms with Gasteiger partial charge >= 0.3 is 0 Å². The summed E-state index contributed by atoms with van der Waals surface area (Å²) in [4.78, 5) is 22.3. The molecule has 1 amide bonds. The Kier molecular flexibility index (Phi) is 6.68. The van der Waals surface area contributed by atoms with Gasteiger partial charge in [0.15, 0.2) is 0 Å². The summed E-state index contributed by atoms with van der Waals surface area (Å²) >= 11 is 0. The fraction of sp³-hybridized carbons (Fsp3) is 0.667. The molecule has 0 N–H and O–H groups in total. The van der Waals surface area contributed by atoms with Crippen LogP contribution in [0.5, 0.6) is 0 Å². The lowest BCUT2D eigenvalue weighted by Crippen LogP contribution is -2.57. The number of nitrogens with zero attached hydrogens (tertiary/aromatic N) is 4. The third-order valence-electron chi connectivity index (χ3n) is 7.23. The number of hydrogen-bond acceptors (Lipinski definition) is 5. The van der Waals surface area contributed by atoms with Crippen LogP contribution in [0.4, 0.5) is 5.82 Å². The third kappa shape index (κ3) is 4.87. The lowest BCUT2D eigenvalue weighted by molar-refractivity contribution is -0.135. The van der Waals surface area contributed by atoms with Crippen molar-refractivity contribution in [1.29, 1.82) is 5.26 Å². The lowest BCUT2D eigenvalue weighted by Gasteiger charge is -2.44. The van der Waals surface area contributed by atoms with Gasteiger partial charge in [-0.2, -0.15) is 5.26 Å². The molecule has 3 aliphatic rings. The highest BCUT2D eigenvalue weighted by molar-refractivity contribution is 5.77. The van der Waals surface area contributed by atoms with Crippen molar-refractivity contribution in [2.45, 2.75) is 90.4 Å². The molecule has 0 unspecified atom stereocenters. The van der Waals surface area contributed by atoms with Crippen LogP contribution in [-0.2, 0) is 22.6 Å². The van der Waals surface area contributed by atoms with Crippen molar-refractivity contribution in [2.75, 3.05) is 24.5 Å². The summed E-state index contributed by atoms with van der Waals surface area (Å²) in [5, 5.41) is 10.2. The topological polar surface area (TPSA) is 69.5 Å². The van der Waals surface area contributed by atoms with Crippen LogP contribution in [0, 0.1) is 29.6 Å². The van der Waals surface area contributed by atoms with Crippen LogP contribution >= 0.6 is 0 Å². The van der Waals surface area contributed by atoms with Gasteiger partial charge in [-0.3, -0.25) is 4.79 Å². The van der Waals surface area contributed by atoms with Crippen molar-refractivity contribution in [3.05, 3.63) is 22.4 Å². The Bertz CT molecular complexity index is 997. The van der Waals surface area contributed by atoms with Crippen LogP contribution < -0.4 is 4.90 Å². The van der Waals surface area contributed by atoms with Gasteiger partial charge in [0.2, 0.25) is 5.91 Å². The van der Waals surface area contributed by atoms with Crippen LogP contribution in [0.1, 0.15) is 88.1 Å². The van der Waals surface area contributed by atoms with E-state index >= 15 is 0 Å². The van der Waals surface area contributed by atoms with E-state index in [9.17, 15) is 10.1 Å². The number of amides is 1. The number of piperazine rings is 1. The first-order chi connectivity index (χ1) is 15.8. The zero-order valence-electron chi connectivity index (χ0n) is 20.5. The number of hydrogen-bond donors (Lipinski definition) is 0. The zero-order valence-corrected chi connectivity index (χ0v) is 20.5. The van der Waals surface area contributed by atoms with E-state index in [-0.39, 0.29) is 17.6 Å². The minimum absolute atomic E-state index is 0.0885. The Morgan fingerprint density at radius 3 is 2.70 bits per heavy atom. The standard InChI is InChI=1S/C27H36N4O2/c1-6-7-8-9-24(32)31-13-12-30(16-23(31)18(2)3)26-21(15-28)20-14-27(4,5)33-17-22(20)25(29-26)19-10-11-19/h1,18-19,23H,7-14,16-17H2,2-5H3/t23-/m0/s1. The maximum absolute atomic E-state index is 12.9. The first kappa shape index (κ1) is 23.6. The van der Waals surface area contributed by atoms with Crippen LogP contribution in [-0.4, -0.2) is 47.1 Å². The molecule has 2 aliphatic heterocycles. The number of ether oxygens (including phenoxy) is 1. The molecule has 33 heavy (non-hydrogen) atoms. The number of unbranched alkanes of at least 4 members (excludes halogenated alkanes) is 1. The smallest absolute Gasteiger partial charge is 0.222 e. The molecule has 0 bridgehead atoms. The number of rotatable bonds is 6. The van der Waals surface area contributed by atoms with Crippen molar-refractivity contribution >= 4 is 11.7 Å².